The molecule has 0 saturated heterocycles. The molecule has 9 nitrogen and oxygen atoms in total. The van der Waals surface area contributed by atoms with Crippen LogP contribution in [0.5, 0.6) is 23.0 Å². The van der Waals surface area contributed by atoms with Gasteiger partial charge in [-0.3, -0.25) is 19.4 Å². The molecule has 0 aliphatic carbocycles. The fraction of sp³-hybridized carbons (Fsp3) is 0. The minimum absolute atomic E-state index is 0.251. The Morgan fingerprint density at radius 1 is 0.424 bits per heavy atom. The molecule has 2 amide bonds. The van der Waals surface area contributed by atoms with E-state index in [0.29, 0.717) is 45.9 Å². The van der Waals surface area contributed by atoms with E-state index in [-0.39, 0.29) is 11.8 Å². The lowest BCUT2D eigenvalue weighted by atomic mass is 10.1. The van der Waals surface area contributed by atoms with Crippen LogP contribution >= 0.6 is 11.8 Å². The number of carbonyl (C=O) groups is 2. The standard InChI is InChI=1S/C56H37N5O4S/c62-55-49(33-37-15-13-25-45(31-37)64-43-21-9-3-10-22-43)58-53(39-17-5-1-6-18-39)60(55)41-27-29-47-51(35-41)66-52-36-42(28-30-48(52)57-47)61-54(40-19-7-2-8-20-40)59-50(56(61)63)34-38-16-14-26-46(32-38)65-44-23-11-4-12-24-44/h1-36,57H/b49-33-,50-34+. The van der Waals surface area contributed by atoms with Crippen molar-refractivity contribution in [2.24, 2.45) is 9.98 Å². The number of amides is 2. The van der Waals surface area contributed by atoms with Gasteiger partial charge >= 0.3 is 0 Å². The first-order valence-corrected chi connectivity index (χ1v) is 22.1. The van der Waals surface area contributed by atoms with Crippen LogP contribution in [0.1, 0.15) is 22.3 Å². The number of nitrogens with one attached hydrogen (secondary N) is 1. The van der Waals surface area contributed by atoms with Gasteiger partial charge in [-0.15, -0.1) is 0 Å². The topological polar surface area (TPSA) is 95.8 Å². The van der Waals surface area contributed by atoms with Crippen LogP contribution in [-0.2, 0) is 9.59 Å². The number of hydrogen-bond acceptors (Lipinski definition) is 8. The molecule has 0 radical (unpaired) electrons. The second-order valence-electron chi connectivity index (χ2n) is 15.5. The van der Waals surface area contributed by atoms with Crippen molar-refractivity contribution in [3.8, 4) is 23.0 Å². The average molecular weight is 876 g/mol. The minimum atomic E-state index is -0.251. The summed E-state index contributed by atoms with van der Waals surface area (Å²) in [7, 11) is 0. The van der Waals surface area contributed by atoms with Gasteiger partial charge in [-0.05, 0) is 108 Å². The first-order chi connectivity index (χ1) is 32.5. The molecule has 66 heavy (non-hydrogen) atoms. The maximum Gasteiger partial charge on any atom is 0.282 e. The lowest BCUT2D eigenvalue weighted by Gasteiger charge is -2.26. The summed E-state index contributed by atoms with van der Waals surface area (Å²) in [5.41, 5.74) is 6.91. The van der Waals surface area contributed by atoms with E-state index >= 15 is 0 Å². The Kier molecular flexibility index (Phi) is 10.6. The van der Waals surface area contributed by atoms with Gasteiger partial charge in [-0.2, -0.15) is 0 Å². The van der Waals surface area contributed by atoms with Crippen molar-refractivity contribution in [2.45, 2.75) is 9.79 Å². The monoisotopic (exact) mass is 875 g/mol. The van der Waals surface area contributed by atoms with E-state index in [2.05, 4.69) is 5.32 Å². The molecule has 0 spiro atoms. The van der Waals surface area contributed by atoms with Crippen LogP contribution in [0, 0.1) is 0 Å². The van der Waals surface area contributed by atoms with Crippen LogP contribution < -0.4 is 24.6 Å². The third-order valence-electron chi connectivity index (χ3n) is 11.0. The van der Waals surface area contributed by atoms with E-state index in [1.807, 2.05) is 206 Å². The van der Waals surface area contributed by atoms with Gasteiger partial charge in [0.05, 0.1) is 22.7 Å². The van der Waals surface area contributed by atoms with Crippen LogP contribution in [0.2, 0.25) is 0 Å². The zero-order valence-electron chi connectivity index (χ0n) is 35.1. The molecule has 0 unspecified atom stereocenters. The zero-order valence-corrected chi connectivity index (χ0v) is 35.9. The Bertz CT molecular complexity index is 3080. The summed E-state index contributed by atoms with van der Waals surface area (Å²) in [6.45, 7) is 0. The first kappa shape index (κ1) is 40.1. The highest BCUT2D eigenvalue weighted by atomic mass is 32.2. The van der Waals surface area contributed by atoms with Gasteiger partial charge in [0.25, 0.3) is 11.8 Å². The zero-order chi connectivity index (χ0) is 44.4. The van der Waals surface area contributed by atoms with Crippen molar-refractivity contribution in [2.75, 3.05) is 15.1 Å². The van der Waals surface area contributed by atoms with Crippen molar-refractivity contribution < 1.29 is 19.1 Å². The molecule has 3 heterocycles. The predicted octanol–water partition coefficient (Wildman–Crippen LogP) is 13.1. The summed E-state index contributed by atoms with van der Waals surface area (Å²) in [6.07, 6.45) is 3.58. The number of nitrogens with zero attached hydrogens (tertiary/aromatic N) is 4. The fourth-order valence-corrected chi connectivity index (χ4v) is 8.97. The van der Waals surface area contributed by atoms with Gasteiger partial charge in [-0.25, -0.2) is 9.98 Å². The van der Waals surface area contributed by atoms with E-state index in [1.165, 1.54) is 0 Å². The number of rotatable bonds is 10. The number of para-hydroxylation sites is 2. The molecule has 0 aromatic heterocycles. The molecule has 0 bridgehead atoms. The van der Waals surface area contributed by atoms with E-state index in [1.54, 1.807) is 33.7 Å². The smallest absolute Gasteiger partial charge is 0.282 e. The Balaban J connectivity index is 0.890. The Morgan fingerprint density at radius 3 is 1.24 bits per heavy atom. The van der Waals surface area contributed by atoms with Crippen molar-refractivity contribution in [1.29, 1.82) is 0 Å². The molecule has 1 N–H and O–H groups in total. The molecular weight excluding hydrogens is 839 g/mol. The molecule has 0 fully saturated rings. The van der Waals surface area contributed by atoms with E-state index in [0.717, 1.165) is 54.9 Å². The molecule has 10 heteroatoms. The van der Waals surface area contributed by atoms with Crippen molar-refractivity contribution >= 4 is 70.1 Å². The highest BCUT2D eigenvalue weighted by Gasteiger charge is 2.35. The van der Waals surface area contributed by atoms with E-state index < -0.39 is 0 Å². The minimum Gasteiger partial charge on any atom is -0.457 e. The molecule has 8 aromatic carbocycles. The Labute approximate surface area is 385 Å². The number of fused-ring (bicyclic) bond motifs is 2. The third kappa shape index (κ3) is 8.16. The largest absolute Gasteiger partial charge is 0.457 e. The number of ether oxygens (including phenoxy) is 2. The van der Waals surface area contributed by atoms with Crippen LogP contribution in [-0.4, -0.2) is 23.5 Å². The molecule has 0 atom stereocenters. The van der Waals surface area contributed by atoms with Gasteiger partial charge in [0.1, 0.15) is 46.1 Å². The number of amidine groups is 2. The molecular formula is C56H37N5O4S. The fourth-order valence-electron chi connectivity index (χ4n) is 7.91. The van der Waals surface area contributed by atoms with E-state index in [4.69, 9.17) is 19.5 Å². The lowest BCUT2D eigenvalue weighted by molar-refractivity contribution is -0.114. The Hall–Kier alpha value is -8.73. The van der Waals surface area contributed by atoms with Crippen LogP contribution in [0.15, 0.2) is 237 Å². The molecule has 3 aliphatic heterocycles. The third-order valence-corrected chi connectivity index (χ3v) is 12.1. The number of aliphatic imine (C=N–C) groups is 2. The van der Waals surface area contributed by atoms with Gasteiger partial charge < -0.3 is 14.8 Å². The summed E-state index contributed by atoms with van der Waals surface area (Å²) < 4.78 is 12.2. The van der Waals surface area contributed by atoms with E-state index in [9.17, 15) is 9.59 Å². The first-order valence-electron chi connectivity index (χ1n) is 21.3. The van der Waals surface area contributed by atoms with Crippen LogP contribution in [0.3, 0.4) is 0 Å². The second kappa shape index (κ2) is 17.4. The van der Waals surface area contributed by atoms with Crippen LogP contribution in [0.25, 0.3) is 12.2 Å². The van der Waals surface area contributed by atoms with Gasteiger partial charge in [0, 0.05) is 20.9 Å². The highest BCUT2D eigenvalue weighted by Crippen LogP contribution is 2.48. The number of carbonyl (C=O) groups excluding carboxylic acids is 2. The lowest BCUT2D eigenvalue weighted by Crippen LogP contribution is -2.32. The second-order valence-corrected chi connectivity index (χ2v) is 16.6. The summed E-state index contributed by atoms with van der Waals surface area (Å²) in [6, 6.07) is 65.6. The van der Waals surface area contributed by atoms with Crippen LogP contribution in [0.4, 0.5) is 22.7 Å². The summed E-state index contributed by atoms with van der Waals surface area (Å²) in [5, 5.41) is 3.58. The van der Waals surface area contributed by atoms with Crippen molar-refractivity contribution in [3.63, 3.8) is 0 Å². The number of anilines is 4. The molecule has 0 saturated carbocycles. The van der Waals surface area contributed by atoms with Crippen molar-refractivity contribution in [1.82, 2.24) is 0 Å². The molecule has 3 aliphatic rings. The number of benzene rings is 8. The highest BCUT2D eigenvalue weighted by molar-refractivity contribution is 7.99. The maximum absolute atomic E-state index is 14.5. The quantitative estimate of drug-likeness (QED) is 0.138. The molecule has 11 rings (SSSR count). The Morgan fingerprint density at radius 2 is 0.818 bits per heavy atom. The summed E-state index contributed by atoms with van der Waals surface area (Å²) in [5.74, 6) is 3.30. The predicted molar refractivity (Wildman–Crippen MR) is 263 cm³/mol. The van der Waals surface area contributed by atoms with Crippen molar-refractivity contribution in [3.05, 3.63) is 240 Å². The SMILES string of the molecule is O=C1/C(=C/c2cccc(Oc3ccccc3)c2)N=C(c2ccccc2)N1c1ccc2c(c1)Sc1cc(N3C(=O)/C(=C\c4cccc(Oc5ccccc5)c4)N=C3c3ccccc3)ccc1N2. The maximum atomic E-state index is 14.5. The summed E-state index contributed by atoms with van der Waals surface area (Å²) in [4.78, 5) is 44.0. The molecule has 316 valence electrons. The van der Waals surface area contributed by atoms with Gasteiger partial charge in [0.2, 0.25) is 0 Å². The van der Waals surface area contributed by atoms with Gasteiger partial charge in [0.15, 0.2) is 0 Å². The number of hydrogen-bond donors (Lipinski definition) is 1. The molecule has 8 aromatic rings. The average Bonchev–Trinajstić information content (AvgIpc) is 3.86. The normalized spacial score (nSPS) is 15.3. The van der Waals surface area contributed by atoms with Gasteiger partial charge in [-0.1, -0.05) is 133 Å². The summed E-state index contributed by atoms with van der Waals surface area (Å²) >= 11 is 1.56.